The van der Waals surface area contributed by atoms with Gasteiger partial charge in [-0.05, 0) is 19.3 Å². The Labute approximate surface area is 134 Å². The summed E-state index contributed by atoms with van der Waals surface area (Å²) in [6.45, 7) is 0. The smallest absolute Gasteiger partial charge is 0.307 e. The maximum Gasteiger partial charge on any atom is 0.307 e. The van der Waals surface area contributed by atoms with Crippen molar-refractivity contribution in [1.82, 2.24) is 15.6 Å². The Balaban J connectivity index is 0.00000144. The van der Waals surface area contributed by atoms with Crippen molar-refractivity contribution in [2.75, 3.05) is 0 Å². The number of nitrogens with zero attached hydrogens (tertiary/aromatic N) is 1. The maximum atomic E-state index is 12.2. The molecule has 6 heteroatoms. The van der Waals surface area contributed by atoms with Gasteiger partial charge in [-0.25, -0.2) is 4.98 Å². The van der Waals surface area contributed by atoms with Crippen molar-refractivity contribution >= 4 is 18.3 Å². The molecule has 2 N–H and O–H groups in total. The minimum Gasteiger partial charge on any atom is -0.432 e. The van der Waals surface area contributed by atoms with Gasteiger partial charge in [0.15, 0.2) is 5.76 Å². The fourth-order valence-corrected chi connectivity index (χ4v) is 3.33. The third kappa shape index (κ3) is 2.74. The third-order valence-corrected chi connectivity index (χ3v) is 4.37. The van der Waals surface area contributed by atoms with Crippen LogP contribution in [0.15, 0.2) is 40.9 Å². The summed E-state index contributed by atoms with van der Waals surface area (Å²) >= 11 is 0. The molecule has 0 radical (unpaired) electrons. The monoisotopic (exact) mass is 319 g/mol. The van der Waals surface area contributed by atoms with Crippen molar-refractivity contribution in [2.45, 2.75) is 37.4 Å². The lowest BCUT2D eigenvalue weighted by molar-refractivity contribution is 0.0896. The Morgan fingerprint density at radius 3 is 2.77 bits per heavy atom. The van der Waals surface area contributed by atoms with Gasteiger partial charge < -0.3 is 15.1 Å². The predicted octanol–water partition coefficient (Wildman–Crippen LogP) is 2.39. The summed E-state index contributed by atoms with van der Waals surface area (Å²) < 4.78 is 5.58. The fourth-order valence-electron chi connectivity index (χ4n) is 3.33. The number of hydrogen-bond donors (Lipinski definition) is 2. The third-order valence-electron chi connectivity index (χ3n) is 4.37. The summed E-state index contributed by atoms with van der Waals surface area (Å²) in [5, 5.41) is 6.53. The Bertz CT molecular complexity index is 658. The highest BCUT2D eigenvalue weighted by Gasteiger charge is 2.40. The van der Waals surface area contributed by atoms with Crippen LogP contribution in [0.4, 0.5) is 0 Å². The number of amides is 1. The van der Waals surface area contributed by atoms with E-state index in [0.29, 0.717) is 17.8 Å². The van der Waals surface area contributed by atoms with Gasteiger partial charge in [0.25, 0.3) is 5.89 Å². The van der Waals surface area contributed by atoms with Crippen LogP contribution >= 0.6 is 12.4 Å². The number of fused-ring (bicyclic) bond motifs is 2. The van der Waals surface area contributed by atoms with Gasteiger partial charge in [-0.3, -0.25) is 4.79 Å². The molecule has 3 heterocycles. The van der Waals surface area contributed by atoms with Crippen LogP contribution in [0.3, 0.4) is 0 Å². The molecule has 4 rings (SSSR count). The molecule has 2 aliphatic heterocycles. The lowest BCUT2D eigenvalue weighted by Crippen LogP contribution is -2.43. The van der Waals surface area contributed by atoms with Crippen LogP contribution < -0.4 is 10.6 Å². The summed E-state index contributed by atoms with van der Waals surface area (Å²) in [6.07, 6.45) is 4.95. The Morgan fingerprint density at radius 1 is 1.27 bits per heavy atom. The van der Waals surface area contributed by atoms with Crippen LogP contribution in [0.5, 0.6) is 0 Å². The predicted molar refractivity (Wildman–Crippen MR) is 85.0 cm³/mol. The Hall–Kier alpha value is -1.85. The minimum absolute atomic E-state index is 0. The number of carbonyl (C=O) groups is 1. The highest BCUT2D eigenvalue weighted by Crippen LogP contribution is 2.28. The van der Waals surface area contributed by atoms with Crippen molar-refractivity contribution < 1.29 is 9.21 Å². The zero-order chi connectivity index (χ0) is 14.2. The number of rotatable bonds is 3. The first kappa shape index (κ1) is 15.1. The van der Waals surface area contributed by atoms with Gasteiger partial charge >= 0.3 is 5.91 Å². The lowest BCUT2D eigenvalue weighted by atomic mass is 9.95. The molecule has 2 saturated heterocycles. The zero-order valence-electron chi connectivity index (χ0n) is 12.0. The van der Waals surface area contributed by atoms with E-state index in [2.05, 4.69) is 15.6 Å². The van der Waals surface area contributed by atoms with Gasteiger partial charge in [0.05, 0.1) is 6.20 Å². The molecule has 0 saturated carbocycles. The molecule has 3 atom stereocenters. The van der Waals surface area contributed by atoms with Crippen molar-refractivity contribution in [3.05, 3.63) is 42.4 Å². The minimum atomic E-state index is -0.225. The first-order chi connectivity index (χ1) is 10.3. The summed E-state index contributed by atoms with van der Waals surface area (Å²) in [6, 6.07) is 10.8. The number of hydrogen-bond acceptors (Lipinski definition) is 4. The molecule has 0 aliphatic carbocycles. The van der Waals surface area contributed by atoms with E-state index in [4.69, 9.17) is 4.42 Å². The topological polar surface area (TPSA) is 67.2 Å². The molecule has 1 aromatic heterocycles. The van der Waals surface area contributed by atoms with E-state index < -0.39 is 0 Å². The second kappa shape index (κ2) is 6.10. The molecule has 2 fully saturated rings. The van der Waals surface area contributed by atoms with Gasteiger partial charge in [0.2, 0.25) is 0 Å². The molecule has 116 valence electrons. The number of halogens is 1. The van der Waals surface area contributed by atoms with E-state index in [9.17, 15) is 4.79 Å². The standard InChI is InChI=1S/C16H17N3O2.ClH/c20-15(19-13-8-11-6-7-12(13)18-11)16-17-9-14(21-16)10-4-2-1-3-5-10;/h1-5,9,11-13,18H,6-8H2,(H,19,20);1H/t11?,12?,13-;/m0./s1. The molecule has 2 unspecified atom stereocenters. The summed E-state index contributed by atoms with van der Waals surface area (Å²) in [5.41, 5.74) is 0.922. The van der Waals surface area contributed by atoms with E-state index in [1.165, 1.54) is 6.42 Å². The highest BCUT2D eigenvalue weighted by molar-refractivity contribution is 5.90. The van der Waals surface area contributed by atoms with Crippen LogP contribution in [-0.4, -0.2) is 29.0 Å². The van der Waals surface area contributed by atoms with E-state index in [1.54, 1.807) is 6.20 Å². The van der Waals surface area contributed by atoms with Gasteiger partial charge in [0, 0.05) is 23.7 Å². The van der Waals surface area contributed by atoms with Gasteiger partial charge in [-0.2, -0.15) is 0 Å². The van der Waals surface area contributed by atoms with E-state index in [0.717, 1.165) is 18.4 Å². The van der Waals surface area contributed by atoms with Crippen molar-refractivity contribution in [2.24, 2.45) is 0 Å². The fraction of sp³-hybridized carbons (Fsp3) is 0.375. The maximum absolute atomic E-state index is 12.2. The molecule has 1 aromatic carbocycles. The first-order valence-electron chi connectivity index (χ1n) is 7.38. The van der Waals surface area contributed by atoms with Gasteiger partial charge in [-0.1, -0.05) is 30.3 Å². The number of carbonyl (C=O) groups excluding carboxylic acids is 1. The molecule has 1 amide bonds. The molecule has 2 bridgehead atoms. The normalized spacial score (nSPS) is 25.7. The van der Waals surface area contributed by atoms with Crippen molar-refractivity contribution in [1.29, 1.82) is 0 Å². The molecule has 0 spiro atoms. The zero-order valence-corrected chi connectivity index (χ0v) is 12.8. The molecule has 2 aromatic rings. The average molecular weight is 320 g/mol. The van der Waals surface area contributed by atoms with E-state index in [1.807, 2.05) is 30.3 Å². The largest absolute Gasteiger partial charge is 0.432 e. The quantitative estimate of drug-likeness (QED) is 0.911. The molecular weight excluding hydrogens is 302 g/mol. The number of oxazole rings is 1. The number of nitrogens with one attached hydrogen (secondary N) is 2. The molecule has 22 heavy (non-hydrogen) atoms. The summed E-state index contributed by atoms with van der Waals surface area (Å²) in [5.74, 6) is 0.528. The summed E-state index contributed by atoms with van der Waals surface area (Å²) in [7, 11) is 0. The van der Waals surface area contributed by atoms with Crippen LogP contribution in [-0.2, 0) is 0 Å². The Morgan fingerprint density at radius 2 is 2.09 bits per heavy atom. The van der Waals surface area contributed by atoms with Crippen LogP contribution in [0, 0.1) is 0 Å². The number of aromatic nitrogens is 1. The second-order valence-electron chi connectivity index (χ2n) is 5.76. The molecule has 2 aliphatic rings. The van der Waals surface area contributed by atoms with Crippen molar-refractivity contribution in [3.63, 3.8) is 0 Å². The van der Waals surface area contributed by atoms with E-state index >= 15 is 0 Å². The SMILES string of the molecule is Cl.O=C(N[C@H]1CC2CCC1N2)c1ncc(-c2ccccc2)o1. The van der Waals surface area contributed by atoms with Crippen LogP contribution in [0.25, 0.3) is 11.3 Å². The second-order valence-corrected chi connectivity index (χ2v) is 5.76. The molecular formula is C16H18ClN3O2. The van der Waals surface area contributed by atoms with Crippen molar-refractivity contribution in [3.8, 4) is 11.3 Å². The van der Waals surface area contributed by atoms with Gasteiger partial charge in [0.1, 0.15) is 0 Å². The number of benzene rings is 1. The van der Waals surface area contributed by atoms with E-state index in [-0.39, 0.29) is 30.2 Å². The summed E-state index contributed by atoms with van der Waals surface area (Å²) in [4.78, 5) is 16.3. The van der Waals surface area contributed by atoms with Gasteiger partial charge in [-0.15, -0.1) is 12.4 Å². The van der Waals surface area contributed by atoms with Crippen LogP contribution in [0.2, 0.25) is 0 Å². The van der Waals surface area contributed by atoms with Crippen LogP contribution in [0.1, 0.15) is 29.9 Å². The Kier molecular flexibility index (Phi) is 4.18. The lowest BCUT2D eigenvalue weighted by Gasteiger charge is -2.20. The average Bonchev–Trinajstić information content (AvgIpc) is 3.24. The highest BCUT2D eigenvalue weighted by atomic mass is 35.5. The first-order valence-corrected chi connectivity index (χ1v) is 7.38. The molecule has 5 nitrogen and oxygen atoms in total.